The van der Waals surface area contributed by atoms with Crippen LogP contribution in [0.25, 0.3) is 0 Å². The van der Waals surface area contributed by atoms with Crippen LogP contribution in [0.1, 0.15) is 35.4 Å². The van der Waals surface area contributed by atoms with Crippen LogP contribution in [0.4, 0.5) is 0 Å². The number of fused-ring (bicyclic) bond motifs is 2. The molecular formula is C18H21NO3S2. The predicted molar refractivity (Wildman–Crippen MR) is 95.3 cm³/mol. The minimum absolute atomic E-state index is 0.0994. The molecule has 2 saturated heterocycles. The zero-order valence-corrected chi connectivity index (χ0v) is 15.2. The van der Waals surface area contributed by atoms with Crippen LogP contribution in [0.3, 0.4) is 0 Å². The van der Waals surface area contributed by atoms with Crippen molar-refractivity contribution >= 4 is 28.6 Å². The fraction of sp³-hybridized carbons (Fsp3) is 0.500. The number of aliphatic hydroxyl groups is 1. The Labute approximate surface area is 149 Å². The molecule has 24 heavy (non-hydrogen) atoms. The Morgan fingerprint density at radius 2 is 1.71 bits per heavy atom. The Hall–Kier alpha value is -1.21. The number of carbonyl (C=O) groups excluding carboxylic acids is 1. The summed E-state index contributed by atoms with van der Waals surface area (Å²) in [5.74, 6) is -0.540. The highest BCUT2D eigenvalue weighted by atomic mass is 32.1. The van der Waals surface area contributed by atoms with E-state index in [1.54, 1.807) is 12.1 Å². The van der Waals surface area contributed by atoms with Crippen molar-refractivity contribution in [3.63, 3.8) is 0 Å². The molecule has 2 aromatic rings. The van der Waals surface area contributed by atoms with E-state index in [-0.39, 0.29) is 6.10 Å². The number of rotatable bonds is 4. The third-order valence-electron chi connectivity index (χ3n) is 5.38. The molecular weight excluding hydrogens is 342 g/mol. The van der Waals surface area contributed by atoms with Crippen molar-refractivity contribution < 1.29 is 14.6 Å². The van der Waals surface area contributed by atoms with E-state index in [2.05, 4.69) is 11.9 Å². The van der Waals surface area contributed by atoms with Crippen molar-refractivity contribution in [2.45, 2.75) is 49.5 Å². The van der Waals surface area contributed by atoms with E-state index in [4.69, 9.17) is 4.74 Å². The van der Waals surface area contributed by atoms with Gasteiger partial charge >= 0.3 is 5.97 Å². The normalized spacial score (nSPS) is 27.3. The molecule has 0 aliphatic carbocycles. The third-order valence-corrected chi connectivity index (χ3v) is 7.34. The van der Waals surface area contributed by atoms with Crippen LogP contribution in [0.2, 0.25) is 0 Å². The number of hydrogen-bond acceptors (Lipinski definition) is 6. The fourth-order valence-corrected chi connectivity index (χ4v) is 5.70. The molecule has 0 spiro atoms. The lowest BCUT2D eigenvalue weighted by molar-refractivity contribution is -0.170. The van der Waals surface area contributed by atoms with Crippen LogP contribution in [-0.4, -0.2) is 41.2 Å². The number of esters is 1. The maximum Gasteiger partial charge on any atom is 0.349 e. The molecule has 1 N–H and O–H groups in total. The predicted octanol–water partition coefficient (Wildman–Crippen LogP) is 3.21. The average molecular weight is 364 g/mol. The minimum atomic E-state index is -1.69. The monoisotopic (exact) mass is 363 g/mol. The molecule has 4 rings (SSSR count). The summed E-state index contributed by atoms with van der Waals surface area (Å²) < 4.78 is 5.83. The topological polar surface area (TPSA) is 49.8 Å². The first kappa shape index (κ1) is 16.3. The van der Waals surface area contributed by atoms with Gasteiger partial charge < -0.3 is 14.7 Å². The number of carbonyl (C=O) groups is 1. The first-order valence-electron chi connectivity index (χ1n) is 8.32. The summed E-state index contributed by atoms with van der Waals surface area (Å²) in [4.78, 5) is 16.6. The maximum atomic E-state index is 13.0. The molecule has 2 aromatic heterocycles. The van der Waals surface area contributed by atoms with Crippen LogP contribution >= 0.6 is 22.7 Å². The molecule has 3 atom stereocenters. The zero-order chi connectivity index (χ0) is 16.7. The summed E-state index contributed by atoms with van der Waals surface area (Å²) in [5, 5.41) is 15.0. The first-order valence-corrected chi connectivity index (χ1v) is 10.1. The van der Waals surface area contributed by atoms with Crippen molar-refractivity contribution in [2.24, 2.45) is 0 Å². The Morgan fingerprint density at radius 3 is 2.17 bits per heavy atom. The van der Waals surface area contributed by atoms with Gasteiger partial charge in [-0.05, 0) is 55.6 Å². The van der Waals surface area contributed by atoms with Gasteiger partial charge in [0.25, 0.3) is 0 Å². The largest absolute Gasteiger partial charge is 0.460 e. The van der Waals surface area contributed by atoms with Crippen LogP contribution in [0, 0.1) is 0 Å². The lowest BCUT2D eigenvalue weighted by Crippen LogP contribution is -2.46. The van der Waals surface area contributed by atoms with Crippen molar-refractivity contribution in [3.05, 3.63) is 44.8 Å². The van der Waals surface area contributed by atoms with Crippen molar-refractivity contribution in [1.29, 1.82) is 0 Å². The van der Waals surface area contributed by atoms with E-state index in [0.717, 1.165) is 12.8 Å². The summed E-state index contributed by atoms with van der Waals surface area (Å²) in [6, 6.07) is 8.29. The van der Waals surface area contributed by atoms with E-state index in [9.17, 15) is 9.90 Å². The smallest absolute Gasteiger partial charge is 0.349 e. The molecule has 0 radical (unpaired) electrons. The number of piperidine rings is 1. The second-order valence-corrected chi connectivity index (χ2v) is 8.61. The second-order valence-electron chi connectivity index (χ2n) is 6.71. The van der Waals surface area contributed by atoms with Gasteiger partial charge in [0, 0.05) is 12.1 Å². The van der Waals surface area contributed by atoms with Crippen LogP contribution in [0.15, 0.2) is 35.0 Å². The summed E-state index contributed by atoms with van der Waals surface area (Å²) >= 11 is 2.76. The SMILES string of the molecule is CN1[C@@H]2CC[C@H]1C[C@@H](OC(=O)C(O)(c1cccs1)c1cccs1)C2. The van der Waals surface area contributed by atoms with Crippen LogP contribution in [-0.2, 0) is 15.1 Å². The molecule has 2 fully saturated rings. The quantitative estimate of drug-likeness (QED) is 0.848. The lowest BCUT2D eigenvalue weighted by Gasteiger charge is -2.37. The zero-order valence-electron chi connectivity index (χ0n) is 13.6. The summed E-state index contributed by atoms with van der Waals surface area (Å²) in [6.07, 6.45) is 3.98. The standard InChI is InChI=1S/C18H21NO3S2/c1-19-12-6-7-13(19)11-14(10-12)22-17(20)18(21,15-4-2-8-23-15)16-5-3-9-24-16/h2-5,8-9,12-14,21H,6-7,10-11H2,1H3/t12-,13+,14+. The van der Waals surface area contributed by atoms with Gasteiger partial charge in [-0.2, -0.15) is 0 Å². The van der Waals surface area contributed by atoms with Gasteiger partial charge in [-0.3, -0.25) is 0 Å². The molecule has 0 saturated carbocycles. The second kappa shape index (κ2) is 6.26. The van der Waals surface area contributed by atoms with E-state index < -0.39 is 11.6 Å². The molecule has 0 amide bonds. The first-order chi connectivity index (χ1) is 11.6. The van der Waals surface area contributed by atoms with Gasteiger partial charge in [0.2, 0.25) is 5.60 Å². The van der Waals surface area contributed by atoms with Crippen molar-refractivity contribution in [3.8, 4) is 0 Å². The van der Waals surface area contributed by atoms with Gasteiger partial charge in [0.05, 0.1) is 9.75 Å². The molecule has 2 bridgehead atoms. The van der Waals surface area contributed by atoms with E-state index in [1.165, 1.54) is 35.5 Å². The van der Waals surface area contributed by atoms with Gasteiger partial charge in [0.15, 0.2) is 0 Å². The number of nitrogens with zero attached hydrogens (tertiary/aromatic N) is 1. The van der Waals surface area contributed by atoms with E-state index in [0.29, 0.717) is 21.8 Å². The number of ether oxygens (including phenoxy) is 1. The summed E-state index contributed by atoms with van der Waals surface area (Å²) in [5.41, 5.74) is -1.69. The fourth-order valence-electron chi connectivity index (χ4n) is 3.99. The number of thiophene rings is 2. The van der Waals surface area contributed by atoms with Crippen molar-refractivity contribution in [1.82, 2.24) is 4.90 Å². The highest BCUT2D eigenvalue weighted by Crippen LogP contribution is 2.40. The summed E-state index contributed by atoms with van der Waals surface area (Å²) in [6.45, 7) is 0. The molecule has 128 valence electrons. The third kappa shape index (κ3) is 2.62. The van der Waals surface area contributed by atoms with E-state index in [1.807, 2.05) is 22.9 Å². The average Bonchev–Trinajstić information content (AvgIpc) is 3.30. The number of hydrogen-bond donors (Lipinski definition) is 1. The Balaban J connectivity index is 1.57. The Kier molecular flexibility index (Phi) is 4.24. The van der Waals surface area contributed by atoms with Crippen LogP contribution in [0.5, 0.6) is 0 Å². The summed E-state index contributed by atoms with van der Waals surface area (Å²) in [7, 11) is 2.16. The van der Waals surface area contributed by atoms with Gasteiger partial charge in [-0.15, -0.1) is 22.7 Å². The Morgan fingerprint density at radius 1 is 1.17 bits per heavy atom. The minimum Gasteiger partial charge on any atom is -0.460 e. The molecule has 2 aliphatic rings. The van der Waals surface area contributed by atoms with Crippen LogP contribution < -0.4 is 0 Å². The van der Waals surface area contributed by atoms with Gasteiger partial charge in [-0.1, -0.05) is 12.1 Å². The molecule has 6 heteroatoms. The van der Waals surface area contributed by atoms with Gasteiger partial charge in [-0.25, -0.2) is 4.79 Å². The van der Waals surface area contributed by atoms with Gasteiger partial charge in [0.1, 0.15) is 6.10 Å². The maximum absolute atomic E-state index is 13.0. The highest BCUT2D eigenvalue weighted by molar-refractivity contribution is 7.12. The lowest BCUT2D eigenvalue weighted by atomic mass is 9.98. The molecule has 4 heterocycles. The molecule has 4 nitrogen and oxygen atoms in total. The molecule has 0 unspecified atom stereocenters. The highest BCUT2D eigenvalue weighted by Gasteiger charge is 2.47. The van der Waals surface area contributed by atoms with E-state index >= 15 is 0 Å². The van der Waals surface area contributed by atoms with Crippen molar-refractivity contribution in [2.75, 3.05) is 7.05 Å². The molecule has 0 aromatic carbocycles. The molecule has 2 aliphatic heterocycles. The Bertz CT molecular complexity index is 650.